The molecule has 1 N–H and O–H groups in total. The highest BCUT2D eigenvalue weighted by Crippen LogP contribution is 2.25. The number of carbonyl (C=O) groups excluding carboxylic acids is 1. The highest BCUT2D eigenvalue weighted by atomic mass is 32.2. The van der Waals surface area contributed by atoms with Crippen molar-refractivity contribution in [3.8, 4) is 22.6 Å². The predicted molar refractivity (Wildman–Crippen MR) is 139 cm³/mol. The van der Waals surface area contributed by atoms with Crippen molar-refractivity contribution in [1.29, 1.82) is 0 Å². The van der Waals surface area contributed by atoms with E-state index in [1.165, 1.54) is 35.2 Å². The lowest BCUT2D eigenvalue weighted by molar-refractivity contribution is -0.384. The summed E-state index contributed by atoms with van der Waals surface area (Å²) >= 11 is 2.53. The first-order valence-corrected chi connectivity index (χ1v) is 12.8. The van der Waals surface area contributed by atoms with Crippen LogP contribution in [0, 0.1) is 10.1 Å². The quantitative estimate of drug-likeness (QED) is 0.183. The van der Waals surface area contributed by atoms with E-state index in [1.54, 1.807) is 16.8 Å². The molecule has 0 aliphatic rings. The normalized spacial score (nSPS) is 11.4. The van der Waals surface area contributed by atoms with Crippen molar-refractivity contribution in [1.82, 2.24) is 30.2 Å². The zero-order valence-corrected chi connectivity index (χ0v) is 20.7. The number of carbonyl (C=O) groups is 1. The standard InChI is InChI=1S/C24H18N8O3S2/c33-22(16-37-24-27-28-29-31(24)19-9-5-2-6-10-19)25-26-23-30(18-7-3-1-4-8-18)21(15-36-23)17-11-13-20(14-12-17)32(34)35/h1-15H,16H2,(H,25,33)/b26-23+. The average Bonchev–Trinajstić information content (AvgIpc) is 3.59. The second-order valence-corrected chi connectivity index (χ2v) is 9.30. The summed E-state index contributed by atoms with van der Waals surface area (Å²) in [5.41, 5.74) is 5.81. The number of tetrazole rings is 1. The topological polar surface area (TPSA) is 133 Å². The fraction of sp³-hybridized carbons (Fsp3) is 0.0417. The van der Waals surface area contributed by atoms with E-state index in [9.17, 15) is 14.9 Å². The summed E-state index contributed by atoms with van der Waals surface area (Å²) in [6.07, 6.45) is 0. The van der Waals surface area contributed by atoms with Crippen molar-refractivity contribution >= 4 is 34.7 Å². The van der Waals surface area contributed by atoms with Gasteiger partial charge in [0.1, 0.15) is 0 Å². The van der Waals surface area contributed by atoms with E-state index < -0.39 is 4.92 Å². The molecule has 0 spiro atoms. The maximum absolute atomic E-state index is 12.6. The third-order valence-corrected chi connectivity index (χ3v) is 6.89. The van der Waals surface area contributed by atoms with E-state index in [0.717, 1.165) is 22.6 Å². The summed E-state index contributed by atoms with van der Waals surface area (Å²) in [7, 11) is 0. The Kier molecular flexibility index (Phi) is 7.14. The Morgan fingerprint density at radius 1 is 1.00 bits per heavy atom. The van der Waals surface area contributed by atoms with Gasteiger partial charge in [0.15, 0.2) is 0 Å². The number of amides is 1. The fourth-order valence-corrected chi connectivity index (χ4v) is 4.99. The molecule has 0 aliphatic carbocycles. The van der Waals surface area contributed by atoms with Crippen molar-refractivity contribution in [3.63, 3.8) is 0 Å². The van der Waals surface area contributed by atoms with Crippen molar-refractivity contribution < 1.29 is 9.72 Å². The van der Waals surface area contributed by atoms with Gasteiger partial charge in [0, 0.05) is 23.2 Å². The van der Waals surface area contributed by atoms with Crippen LogP contribution in [-0.2, 0) is 4.79 Å². The Hall–Kier alpha value is -4.62. The van der Waals surface area contributed by atoms with Gasteiger partial charge >= 0.3 is 0 Å². The van der Waals surface area contributed by atoms with Gasteiger partial charge in [-0.1, -0.05) is 48.2 Å². The third kappa shape index (κ3) is 5.47. The summed E-state index contributed by atoms with van der Waals surface area (Å²) in [4.78, 5) is 23.8. The number of hydrogen-bond donors (Lipinski definition) is 1. The van der Waals surface area contributed by atoms with E-state index in [-0.39, 0.29) is 17.3 Å². The van der Waals surface area contributed by atoms with Gasteiger partial charge in [-0.05, 0) is 52.4 Å². The summed E-state index contributed by atoms with van der Waals surface area (Å²) in [5.74, 6) is -0.264. The van der Waals surface area contributed by atoms with Crippen molar-refractivity contribution in [2.75, 3.05) is 5.75 Å². The van der Waals surface area contributed by atoms with Crippen LogP contribution in [0.3, 0.4) is 0 Å². The number of nitro groups is 1. The Balaban J connectivity index is 1.37. The summed E-state index contributed by atoms with van der Waals surface area (Å²) in [5, 5.41) is 29.5. The van der Waals surface area contributed by atoms with E-state index in [0.29, 0.717) is 9.96 Å². The highest BCUT2D eigenvalue weighted by molar-refractivity contribution is 7.99. The van der Waals surface area contributed by atoms with Crippen LogP contribution in [0.5, 0.6) is 0 Å². The minimum Gasteiger partial charge on any atom is -0.284 e. The molecule has 2 aromatic heterocycles. The van der Waals surface area contributed by atoms with Crippen LogP contribution in [0.15, 0.2) is 101 Å². The number of hydrogen-bond acceptors (Lipinski definition) is 9. The average molecular weight is 531 g/mol. The molecule has 2 heterocycles. The molecule has 0 bridgehead atoms. The first-order valence-electron chi connectivity index (χ1n) is 10.9. The van der Waals surface area contributed by atoms with E-state index in [2.05, 4.69) is 26.1 Å². The third-order valence-electron chi connectivity index (χ3n) is 5.15. The van der Waals surface area contributed by atoms with Crippen molar-refractivity contribution in [2.24, 2.45) is 5.10 Å². The summed E-state index contributed by atoms with van der Waals surface area (Å²) in [6.45, 7) is 0. The summed E-state index contributed by atoms with van der Waals surface area (Å²) in [6, 6.07) is 25.2. The number of nitro benzene ring substituents is 1. The predicted octanol–water partition coefficient (Wildman–Crippen LogP) is 3.81. The number of benzene rings is 3. The number of non-ortho nitro benzene ring substituents is 1. The van der Waals surface area contributed by atoms with Crippen LogP contribution >= 0.6 is 23.1 Å². The van der Waals surface area contributed by atoms with Gasteiger partial charge in [0.2, 0.25) is 9.96 Å². The largest absolute Gasteiger partial charge is 0.284 e. The number of nitrogens with one attached hydrogen (secondary N) is 1. The molecule has 0 aliphatic heterocycles. The number of para-hydroxylation sites is 2. The number of thiazole rings is 1. The molecule has 0 radical (unpaired) electrons. The molecule has 0 unspecified atom stereocenters. The molecule has 3 aromatic carbocycles. The molecule has 184 valence electrons. The van der Waals surface area contributed by atoms with Crippen LogP contribution in [0.25, 0.3) is 22.6 Å². The molecule has 37 heavy (non-hydrogen) atoms. The lowest BCUT2D eigenvalue weighted by Crippen LogP contribution is -2.25. The minimum absolute atomic E-state index is 0.0122. The SMILES string of the molecule is O=C(CSc1nnnn1-c1ccccc1)N/N=c1/scc(-c2ccc([N+](=O)[O-])cc2)n1-c1ccccc1. The molecular formula is C24H18N8O3S2. The van der Waals surface area contributed by atoms with E-state index >= 15 is 0 Å². The lowest BCUT2D eigenvalue weighted by atomic mass is 10.1. The molecular weight excluding hydrogens is 512 g/mol. The fourth-order valence-electron chi connectivity index (χ4n) is 3.44. The second kappa shape index (κ2) is 11.0. The number of nitrogens with zero attached hydrogens (tertiary/aromatic N) is 7. The molecule has 13 heteroatoms. The van der Waals surface area contributed by atoms with Gasteiger partial charge in [0.25, 0.3) is 11.6 Å². The zero-order chi connectivity index (χ0) is 25.6. The first kappa shape index (κ1) is 24.1. The van der Waals surface area contributed by atoms with Gasteiger partial charge in [-0.3, -0.25) is 19.5 Å². The molecule has 0 fully saturated rings. The number of thioether (sulfide) groups is 1. The molecule has 0 atom stereocenters. The number of rotatable bonds is 8. The van der Waals surface area contributed by atoms with E-state index in [1.807, 2.05) is 70.6 Å². The lowest BCUT2D eigenvalue weighted by Gasteiger charge is -2.09. The molecule has 11 nitrogen and oxygen atoms in total. The Morgan fingerprint density at radius 3 is 2.35 bits per heavy atom. The van der Waals surface area contributed by atoms with Gasteiger partial charge in [0.05, 0.1) is 22.1 Å². The van der Waals surface area contributed by atoms with Gasteiger partial charge in [-0.15, -0.1) is 21.5 Å². The van der Waals surface area contributed by atoms with Gasteiger partial charge < -0.3 is 0 Å². The second-order valence-electron chi connectivity index (χ2n) is 7.52. The zero-order valence-electron chi connectivity index (χ0n) is 19.0. The van der Waals surface area contributed by atoms with Crippen LogP contribution in [0.4, 0.5) is 5.69 Å². The van der Waals surface area contributed by atoms with Crippen LogP contribution < -0.4 is 10.2 Å². The monoisotopic (exact) mass is 530 g/mol. The van der Waals surface area contributed by atoms with Gasteiger partial charge in [-0.2, -0.15) is 4.68 Å². The van der Waals surface area contributed by atoms with Gasteiger partial charge in [-0.25, -0.2) is 5.43 Å². The van der Waals surface area contributed by atoms with Crippen molar-refractivity contribution in [2.45, 2.75) is 5.16 Å². The molecule has 0 saturated heterocycles. The minimum atomic E-state index is -0.435. The van der Waals surface area contributed by atoms with Crippen molar-refractivity contribution in [3.05, 3.63) is 105 Å². The van der Waals surface area contributed by atoms with Crippen LogP contribution in [0.2, 0.25) is 0 Å². The maximum atomic E-state index is 12.6. The first-order chi connectivity index (χ1) is 18.1. The van der Waals surface area contributed by atoms with Crippen LogP contribution in [-0.4, -0.2) is 41.4 Å². The molecule has 0 saturated carbocycles. The Labute approximate surface area is 218 Å². The Morgan fingerprint density at radius 2 is 1.68 bits per heavy atom. The van der Waals surface area contributed by atoms with E-state index in [4.69, 9.17) is 0 Å². The number of aromatic nitrogens is 5. The maximum Gasteiger partial charge on any atom is 0.269 e. The highest BCUT2D eigenvalue weighted by Gasteiger charge is 2.14. The smallest absolute Gasteiger partial charge is 0.269 e. The molecule has 1 amide bonds. The van der Waals surface area contributed by atoms with Crippen LogP contribution in [0.1, 0.15) is 0 Å². The molecule has 5 aromatic rings. The Bertz CT molecular complexity index is 1600. The molecule has 5 rings (SSSR count). The summed E-state index contributed by atoms with van der Waals surface area (Å²) < 4.78 is 3.45.